The first-order valence-electron chi connectivity index (χ1n) is 8.64. The lowest BCUT2D eigenvalue weighted by atomic mass is 9.99. The van der Waals surface area contributed by atoms with Crippen molar-refractivity contribution in [1.82, 2.24) is 25.1 Å². The van der Waals surface area contributed by atoms with E-state index in [9.17, 15) is 0 Å². The summed E-state index contributed by atoms with van der Waals surface area (Å²) < 4.78 is 0. The van der Waals surface area contributed by atoms with E-state index in [2.05, 4.69) is 32.2 Å². The third-order valence-corrected chi connectivity index (χ3v) is 5.00. The highest BCUT2D eigenvalue weighted by molar-refractivity contribution is 7.18. The fourth-order valence-corrected chi connectivity index (χ4v) is 3.53. The van der Waals surface area contributed by atoms with Crippen LogP contribution in [0.15, 0.2) is 35.9 Å². The van der Waals surface area contributed by atoms with Crippen LogP contribution in [0.1, 0.15) is 37.6 Å². The maximum Gasteiger partial charge on any atom is 0.194 e. The van der Waals surface area contributed by atoms with Crippen LogP contribution in [0.5, 0.6) is 0 Å². The minimum atomic E-state index is 0.571. The second-order valence-electron chi connectivity index (χ2n) is 5.93. The van der Waals surface area contributed by atoms with Gasteiger partial charge in [-0.15, -0.1) is 16.4 Å². The summed E-state index contributed by atoms with van der Waals surface area (Å²) in [4.78, 5) is 19.6. The molecule has 0 aromatic carbocycles. The van der Waals surface area contributed by atoms with Gasteiger partial charge in [-0.2, -0.15) is 5.10 Å². The molecule has 0 spiro atoms. The summed E-state index contributed by atoms with van der Waals surface area (Å²) in [5, 5.41) is 13.8. The average molecular weight is 366 g/mol. The highest BCUT2D eigenvalue weighted by Gasteiger charge is 2.22. The Bertz CT molecular complexity index is 924. The van der Waals surface area contributed by atoms with E-state index in [4.69, 9.17) is 9.82 Å². The molecule has 3 aromatic heterocycles. The third kappa shape index (κ3) is 3.45. The Balaban J connectivity index is 1.66. The standard InChI is InChI=1S/C18H18N6OS/c1-2-9-25-24-14-7-3-6-13-16(14)21-17(23-22-13)15-11-20-18(26-15)12-5-4-8-19-10-12/h4-5,8,10-11H,2-3,6-7,9H2,1H3/b24-14+. The summed E-state index contributed by atoms with van der Waals surface area (Å²) in [6.45, 7) is 2.66. The first-order valence-corrected chi connectivity index (χ1v) is 9.46. The van der Waals surface area contributed by atoms with Crippen molar-refractivity contribution >= 4 is 17.0 Å². The van der Waals surface area contributed by atoms with Gasteiger partial charge in [-0.25, -0.2) is 9.97 Å². The molecule has 0 aliphatic heterocycles. The molecule has 4 rings (SSSR count). The van der Waals surface area contributed by atoms with Crippen LogP contribution >= 0.6 is 11.3 Å². The topological polar surface area (TPSA) is 86.0 Å². The first-order chi connectivity index (χ1) is 12.8. The summed E-state index contributed by atoms with van der Waals surface area (Å²) in [7, 11) is 0. The molecule has 0 atom stereocenters. The molecule has 7 nitrogen and oxygen atoms in total. The predicted octanol–water partition coefficient (Wildman–Crippen LogP) is 3.52. The molecule has 8 heteroatoms. The molecule has 0 saturated heterocycles. The van der Waals surface area contributed by atoms with Crippen LogP contribution in [-0.2, 0) is 11.3 Å². The Morgan fingerprint density at radius 1 is 1.23 bits per heavy atom. The van der Waals surface area contributed by atoms with E-state index in [0.717, 1.165) is 58.2 Å². The van der Waals surface area contributed by atoms with Gasteiger partial charge in [0, 0.05) is 24.2 Å². The van der Waals surface area contributed by atoms with Crippen LogP contribution in [-0.4, -0.2) is 37.5 Å². The van der Waals surface area contributed by atoms with Crippen molar-refractivity contribution in [3.8, 4) is 21.3 Å². The van der Waals surface area contributed by atoms with E-state index in [1.807, 2.05) is 12.1 Å². The molecule has 3 heterocycles. The fraction of sp³-hybridized carbons (Fsp3) is 0.333. The monoisotopic (exact) mass is 366 g/mol. The van der Waals surface area contributed by atoms with Gasteiger partial charge < -0.3 is 4.84 Å². The fourth-order valence-electron chi connectivity index (χ4n) is 2.70. The van der Waals surface area contributed by atoms with E-state index in [1.165, 1.54) is 11.3 Å². The largest absolute Gasteiger partial charge is 0.396 e. The third-order valence-electron chi connectivity index (χ3n) is 3.96. The average Bonchev–Trinajstić information content (AvgIpc) is 3.19. The van der Waals surface area contributed by atoms with Gasteiger partial charge in [-0.3, -0.25) is 4.98 Å². The number of pyridine rings is 1. The quantitative estimate of drug-likeness (QED) is 0.507. The molecule has 0 amide bonds. The second kappa shape index (κ2) is 7.65. The predicted molar refractivity (Wildman–Crippen MR) is 99.9 cm³/mol. The molecule has 1 aliphatic carbocycles. The summed E-state index contributed by atoms with van der Waals surface area (Å²) in [6.07, 6.45) is 8.95. The van der Waals surface area contributed by atoms with Gasteiger partial charge in [-0.05, 0) is 37.8 Å². The molecule has 132 valence electrons. The molecule has 3 aromatic rings. The number of hydrogen-bond acceptors (Lipinski definition) is 8. The number of nitrogens with zero attached hydrogens (tertiary/aromatic N) is 6. The van der Waals surface area contributed by atoms with Gasteiger partial charge in [0.05, 0.1) is 10.6 Å². The van der Waals surface area contributed by atoms with Gasteiger partial charge in [0.1, 0.15) is 23.0 Å². The Hall–Kier alpha value is -2.74. The number of aromatic nitrogens is 5. The van der Waals surface area contributed by atoms with Crippen molar-refractivity contribution in [2.24, 2.45) is 5.16 Å². The first kappa shape index (κ1) is 16.7. The van der Waals surface area contributed by atoms with Gasteiger partial charge in [0.2, 0.25) is 0 Å². The summed E-state index contributed by atoms with van der Waals surface area (Å²) in [5.74, 6) is 0.571. The van der Waals surface area contributed by atoms with Crippen molar-refractivity contribution in [2.75, 3.05) is 6.61 Å². The van der Waals surface area contributed by atoms with Crippen LogP contribution in [0, 0.1) is 0 Å². The Morgan fingerprint density at radius 3 is 3.04 bits per heavy atom. The number of fused-ring (bicyclic) bond motifs is 1. The maximum atomic E-state index is 5.37. The van der Waals surface area contributed by atoms with Crippen molar-refractivity contribution in [3.63, 3.8) is 0 Å². The molecule has 26 heavy (non-hydrogen) atoms. The number of rotatable bonds is 5. The Morgan fingerprint density at radius 2 is 2.19 bits per heavy atom. The zero-order valence-electron chi connectivity index (χ0n) is 14.4. The van der Waals surface area contributed by atoms with Crippen LogP contribution in [0.25, 0.3) is 21.3 Å². The molecule has 0 radical (unpaired) electrons. The van der Waals surface area contributed by atoms with E-state index >= 15 is 0 Å². The van der Waals surface area contributed by atoms with Gasteiger partial charge in [-0.1, -0.05) is 12.1 Å². The van der Waals surface area contributed by atoms with Gasteiger partial charge in [0.25, 0.3) is 0 Å². The van der Waals surface area contributed by atoms with Crippen molar-refractivity contribution in [3.05, 3.63) is 42.1 Å². The molecule has 0 unspecified atom stereocenters. The molecule has 0 saturated carbocycles. The van der Waals surface area contributed by atoms with Crippen molar-refractivity contribution < 1.29 is 4.84 Å². The number of thiazole rings is 1. The second-order valence-corrected chi connectivity index (χ2v) is 6.96. The van der Waals surface area contributed by atoms with Crippen LogP contribution in [0.3, 0.4) is 0 Å². The minimum Gasteiger partial charge on any atom is -0.396 e. The molecule has 0 fully saturated rings. The van der Waals surface area contributed by atoms with E-state index in [-0.39, 0.29) is 0 Å². The van der Waals surface area contributed by atoms with Crippen molar-refractivity contribution in [2.45, 2.75) is 32.6 Å². The highest BCUT2D eigenvalue weighted by Crippen LogP contribution is 2.30. The Labute approximate surface area is 155 Å². The van der Waals surface area contributed by atoms with Crippen LogP contribution < -0.4 is 0 Å². The molecular formula is C18H18N6OS. The minimum absolute atomic E-state index is 0.571. The zero-order valence-corrected chi connectivity index (χ0v) is 15.2. The SMILES string of the molecule is CCCO/N=C1\CCCc2nnc(-c3cnc(-c4cccnc4)s3)nc21. The lowest BCUT2D eigenvalue weighted by Crippen LogP contribution is -2.18. The van der Waals surface area contributed by atoms with E-state index in [0.29, 0.717) is 12.4 Å². The smallest absolute Gasteiger partial charge is 0.194 e. The normalized spacial score (nSPS) is 15.0. The van der Waals surface area contributed by atoms with Crippen LogP contribution in [0.2, 0.25) is 0 Å². The van der Waals surface area contributed by atoms with Gasteiger partial charge >= 0.3 is 0 Å². The molecular weight excluding hydrogens is 348 g/mol. The van der Waals surface area contributed by atoms with Crippen molar-refractivity contribution in [1.29, 1.82) is 0 Å². The van der Waals surface area contributed by atoms with Crippen LogP contribution in [0.4, 0.5) is 0 Å². The summed E-state index contributed by atoms with van der Waals surface area (Å²) in [5.41, 5.74) is 3.52. The van der Waals surface area contributed by atoms with Gasteiger partial charge in [0.15, 0.2) is 5.82 Å². The van der Waals surface area contributed by atoms with E-state index in [1.54, 1.807) is 18.6 Å². The van der Waals surface area contributed by atoms with E-state index < -0.39 is 0 Å². The molecule has 1 aliphatic rings. The number of hydrogen-bond donors (Lipinski definition) is 0. The summed E-state index contributed by atoms with van der Waals surface area (Å²) in [6, 6.07) is 3.88. The molecule has 0 bridgehead atoms. The zero-order chi connectivity index (χ0) is 17.8. The lowest BCUT2D eigenvalue weighted by molar-refractivity contribution is 0.144. The molecule has 0 N–H and O–H groups in total. The lowest BCUT2D eigenvalue weighted by Gasteiger charge is -2.15. The summed E-state index contributed by atoms with van der Waals surface area (Å²) >= 11 is 1.53. The Kier molecular flexibility index (Phi) is 4.92. The maximum absolute atomic E-state index is 5.37. The number of aryl methyl sites for hydroxylation is 1. The number of oxime groups is 1. The highest BCUT2D eigenvalue weighted by atomic mass is 32.1.